The Morgan fingerprint density at radius 2 is 2.30 bits per heavy atom. The Kier molecular flexibility index (Phi) is 4.23. The van der Waals surface area contributed by atoms with E-state index in [0.29, 0.717) is 18.9 Å². The van der Waals surface area contributed by atoms with Gasteiger partial charge < -0.3 is 19.9 Å². The third kappa shape index (κ3) is 3.31. The van der Waals surface area contributed by atoms with Gasteiger partial charge in [0.05, 0.1) is 19.4 Å². The molecular weight excluding hydrogens is 294 g/mol. The number of methoxy groups -OCH3 is 1. The van der Waals surface area contributed by atoms with Crippen LogP contribution in [0.2, 0.25) is 0 Å². The first-order valence-electron chi connectivity index (χ1n) is 7.72. The molecule has 2 heterocycles. The average Bonchev–Trinajstić information content (AvgIpc) is 3.18. The van der Waals surface area contributed by atoms with Gasteiger partial charge in [0.1, 0.15) is 5.75 Å². The number of aromatic nitrogens is 1. The monoisotopic (exact) mass is 315 g/mol. The van der Waals surface area contributed by atoms with Crippen molar-refractivity contribution in [2.45, 2.75) is 32.9 Å². The van der Waals surface area contributed by atoms with E-state index in [2.05, 4.69) is 15.5 Å². The predicted octanol–water partition coefficient (Wildman–Crippen LogP) is 2.59. The lowest BCUT2D eigenvalue weighted by Crippen LogP contribution is -2.34. The molecule has 0 fully saturated rings. The van der Waals surface area contributed by atoms with Gasteiger partial charge >= 0.3 is 0 Å². The zero-order valence-corrected chi connectivity index (χ0v) is 13.6. The first-order chi connectivity index (χ1) is 11.1. The summed E-state index contributed by atoms with van der Waals surface area (Å²) in [5.74, 6) is 0.974. The van der Waals surface area contributed by atoms with Crippen LogP contribution in [0.5, 0.6) is 5.75 Å². The number of aromatic amines is 1. The fraction of sp³-hybridized carbons (Fsp3) is 0.412. The fourth-order valence-corrected chi connectivity index (χ4v) is 2.57. The second kappa shape index (κ2) is 6.32. The van der Waals surface area contributed by atoms with E-state index in [1.54, 1.807) is 7.11 Å². The molecule has 6 heteroatoms. The number of H-pyrrole nitrogens is 1. The zero-order chi connectivity index (χ0) is 16.4. The molecule has 122 valence electrons. The molecule has 23 heavy (non-hydrogen) atoms. The number of benzene rings is 1. The van der Waals surface area contributed by atoms with Crippen LogP contribution in [-0.4, -0.2) is 29.8 Å². The molecule has 0 unspecified atom stereocenters. The summed E-state index contributed by atoms with van der Waals surface area (Å²) in [7, 11) is 1.64. The molecule has 2 aromatic rings. The molecule has 1 atom stereocenters. The SMILES string of the molecule is COc1ccc2[nH]c(CNC(=O)[C@H]3CC(C(C)C)=NO3)cc2c1. The molecule has 6 nitrogen and oxygen atoms in total. The minimum atomic E-state index is -0.517. The summed E-state index contributed by atoms with van der Waals surface area (Å²) in [4.78, 5) is 20.7. The maximum absolute atomic E-state index is 12.2. The Labute approximate surface area is 134 Å². The van der Waals surface area contributed by atoms with E-state index in [1.165, 1.54) is 0 Å². The summed E-state index contributed by atoms with van der Waals surface area (Å²) in [6.45, 7) is 4.51. The standard InChI is InChI=1S/C17H21N3O3/c1-10(2)15-8-16(23-20-15)17(21)18-9-12-6-11-7-13(22-3)4-5-14(11)19-12/h4-7,10,16,19H,8-9H2,1-3H3,(H,18,21)/t16-/m1/s1. The van der Waals surface area contributed by atoms with Crippen LogP contribution in [0.3, 0.4) is 0 Å². The third-order valence-corrected chi connectivity index (χ3v) is 3.99. The van der Waals surface area contributed by atoms with E-state index < -0.39 is 6.10 Å². The average molecular weight is 315 g/mol. The Hall–Kier alpha value is -2.50. The van der Waals surface area contributed by atoms with Crippen molar-refractivity contribution in [3.8, 4) is 5.75 Å². The molecule has 2 N–H and O–H groups in total. The summed E-state index contributed by atoms with van der Waals surface area (Å²) in [6, 6.07) is 7.82. The molecule has 1 aromatic heterocycles. The maximum atomic E-state index is 12.2. The number of rotatable bonds is 5. The molecule has 3 rings (SSSR count). The molecular formula is C17H21N3O3. The van der Waals surface area contributed by atoms with Gasteiger partial charge in [-0.15, -0.1) is 0 Å². The van der Waals surface area contributed by atoms with E-state index >= 15 is 0 Å². The highest BCUT2D eigenvalue weighted by atomic mass is 16.6. The molecule has 0 saturated heterocycles. The van der Waals surface area contributed by atoms with Gasteiger partial charge in [-0.1, -0.05) is 19.0 Å². The highest BCUT2D eigenvalue weighted by Gasteiger charge is 2.29. The smallest absolute Gasteiger partial charge is 0.264 e. The fourth-order valence-electron chi connectivity index (χ4n) is 2.57. The predicted molar refractivity (Wildman–Crippen MR) is 88.5 cm³/mol. The van der Waals surface area contributed by atoms with Gasteiger partial charge in [0.2, 0.25) is 6.10 Å². The Morgan fingerprint density at radius 3 is 3.00 bits per heavy atom. The van der Waals surface area contributed by atoms with Crippen LogP contribution < -0.4 is 10.1 Å². The zero-order valence-electron chi connectivity index (χ0n) is 13.6. The van der Waals surface area contributed by atoms with Crippen LogP contribution in [0.1, 0.15) is 26.0 Å². The highest BCUT2D eigenvalue weighted by molar-refractivity contribution is 5.93. The molecule has 1 aliphatic rings. The van der Waals surface area contributed by atoms with Crippen LogP contribution in [0.15, 0.2) is 29.4 Å². The van der Waals surface area contributed by atoms with Gasteiger partial charge in [0.15, 0.2) is 0 Å². The number of amides is 1. The molecule has 1 aromatic carbocycles. The van der Waals surface area contributed by atoms with Gasteiger partial charge in [-0.25, -0.2) is 0 Å². The minimum Gasteiger partial charge on any atom is -0.497 e. The van der Waals surface area contributed by atoms with E-state index in [-0.39, 0.29) is 5.91 Å². The molecule has 0 aliphatic carbocycles. The van der Waals surface area contributed by atoms with E-state index in [1.807, 2.05) is 38.1 Å². The Morgan fingerprint density at radius 1 is 1.48 bits per heavy atom. The second-order valence-corrected chi connectivity index (χ2v) is 6.00. The normalized spacial score (nSPS) is 17.2. The van der Waals surface area contributed by atoms with Crippen LogP contribution in [0, 0.1) is 5.92 Å². The van der Waals surface area contributed by atoms with Crippen LogP contribution >= 0.6 is 0 Å². The lowest BCUT2D eigenvalue weighted by atomic mass is 10.0. The number of oxime groups is 1. The van der Waals surface area contributed by atoms with Gasteiger partial charge in [-0.05, 0) is 30.2 Å². The summed E-state index contributed by atoms with van der Waals surface area (Å²) >= 11 is 0. The van der Waals surface area contributed by atoms with Crippen LogP contribution in [0.25, 0.3) is 10.9 Å². The number of ether oxygens (including phenoxy) is 1. The summed E-state index contributed by atoms with van der Waals surface area (Å²) in [6.07, 6.45) is 0.0461. The highest BCUT2D eigenvalue weighted by Crippen LogP contribution is 2.21. The van der Waals surface area contributed by atoms with Crippen molar-refractivity contribution >= 4 is 22.5 Å². The number of hydrogen-bond donors (Lipinski definition) is 2. The van der Waals surface area contributed by atoms with Gasteiger partial charge in [0.25, 0.3) is 5.91 Å². The quantitative estimate of drug-likeness (QED) is 0.890. The Balaban J connectivity index is 1.59. The molecule has 0 radical (unpaired) electrons. The van der Waals surface area contributed by atoms with Crippen molar-refractivity contribution in [2.75, 3.05) is 7.11 Å². The lowest BCUT2D eigenvalue weighted by molar-refractivity contribution is -0.131. The van der Waals surface area contributed by atoms with Crippen molar-refractivity contribution in [1.82, 2.24) is 10.3 Å². The van der Waals surface area contributed by atoms with Gasteiger partial charge in [0, 0.05) is 23.0 Å². The van der Waals surface area contributed by atoms with Crippen molar-refractivity contribution in [1.29, 1.82) is 0 Å². The van der Waals surface area contributed by atoms with Crippen molar-refractivity contribution in [3.63, 3.8) is 0 Å². The van der Waals surface area contributed by atoms with E-state index in [0.717, 1.165) is 28.1 Å². The lowest BCUT2D eigenvalue weighted by Gasteiger charge is -2.09. The number of carbonyl (C=O) groups is 1. The van der Waals surface area contributed by atoms with Crippen molar-refractivity contribution in [2.24, 2.45) is 11.1 Å². The summed E-state index contributed by atoms with van der Waals surface area (Å²) < 4.78 is 5.21. The number of nitrogens with one attached hydrogen (secondary N) is 2. The number of nitrogens with zero attached hydrogens (tertiary/aromatic N) is 1. The molecule has 1 aliphatic heterocycles. The second-order valence-electron chi connectivity index (χ2n) is 6.00. The topological polar surface area (TPSA) is 75.7 Å². The minimum absolute atomic E-state index is 0.138. The molecule has 0 spiro atoms. The Bertz CT molecular complexity index is 749. The number of carbonyl (C=O) groups excluding carboxylic acids is 1. The van der Waals surface area contributed by atoms with Gasteiger partial charge in [-0.2, -0.15) is 0 Å². The van der Waals surface area contributed by atoms with Crippen LogP contribution in [-0.2, 0) is 16.2 Å². The van der Waals surface area contributed by atoms with Gasteiger partial charge in [-0.3, -0.25) is 4.79 Å². The van der Waals surface area contributed by atoms with E-state index in [4.69, 9.17) is 9.57 Å². The summed E-state index contributed by atoms with van der Waals surface area (Å²) in [5, 5.41) is 7.92. The first-order valence-corrected chi connectivity index (χ1v) is 7.72. The molecule has 0 saturated carbocycles. The van der Waals surface area contributed by atoms with Crippen LogP contribution in [0.4, 0.5) is 0 Å². The van der Waals surface area contributed by atoms with E-state index in [9.17, 15) is 4.79 Å². The summed E-state index contributed by atoms with van der Waals surface area (Å²) in [5.41, 5.74) is 2.88. The third-order valence-electron chi connectivity index (χ3n) is 3.99. The maximum Gasteiger partial charge on any atom is 0.264 e. The first kappa shape index (κ1) is 15.4. The van der Waals surface area contributed by atoms with Crippen molar-refractivity contribution < 1.29 is 14.4 Å². The number of hydrogen-bond acceptors (Lipinski definition) is 4. The number of fused-ring (bicyclic) bond motifs is 1. The largest absolute Gasteiger partial charge is 0.497 e. The van der Waals surface area contributed by atoms with Crippen molar-refractivity contribution in [3.05, 3.63) is 30.0 Å². The molecule has 0 bridgehead atoms. The molecule has 1 amide bonds.